The number of hydrogen-bond donors (Lipinski definition) is 2. The van der Waals surface area contributed by atoms with E-state index in [4.69, 9.17) is 13.9 Å². The molecule has 8 heteroatoms. The van der Waals surface area contributed by atoms with Crippen molar-refractivity contribution in [1.29, 1.82) is 0 Å². The molecule has 0 fully saturated rings. The number of aromatic amines is 1. The topological polar surface area (TPSA) is 102 Å². The van der Waals surface area contributed by atoms with Crippen LogP contribution in [0.25, 0.3) is 11.3 Å². The van der Waals surface area contributed by atoms with E-state index < -0.39 is 5.91 Å². The summed E-state index contributed by atoms with van der Waals surface area (Å²) in [6.45, 7) is 0. The first kappa shape index (κ1) is 16.3. The van der Waals surface area contributed by atoms with Crippen LogP contribution in [0.2, 0.25) is 0 Å². The lowest BCUT2D eigenvalue weighted by atomic mass is 10.1. The van der Waals surface area contributed by atoms with E-state index in [9.17, 15) is 4.79 Å². The van der Waals surface area contributed by atoms with E-state index in [1.807, 2.05) is 12.1 Å². The van der Waals surface area contributed by atoms with E-state index in [-0.39, 0.29) is 5.76 Å². The van der Waals surface area contributed by atoms with Crippen molar-refractivity contribution in [2.75, 3.05) is 14.2 Å². The number of aromatic nitrogens is 2. The van der Waals surface area contributed by atoms with Gasteiger partial charge in [-0.25, -0.2) is 5.43 Å². The van der Waals surface area contributed by atoms with Gasteiger partial charge in [0.05, 0.1) is 38.6 Å². The Bertz CT molecular complexity index is 884. The first-order valence-electron chi connectivity index (χ1n) is 7.35. The number of carbonyl (C=O) groups excluding carboxylic acids is 1. The summed E-state index contributed by atoms with van der Waals surface area (Å²) in [6, 6.07) is 8.62. The molecule has 0 spiro atoms. The van der Waals surface area contributed by atoms with E-state index in [2.05, 4.69) is 20.7 Å². The highest BCUT2D eigenvalue weighted by molar-refractivity contribution is 5.94. The maximum atomic E-state index is 11.8. The van der Waals surface area contributed by atoms with Crippen molar-refractivity contribution in [2.45, 2.75) is 0 Å². The number of H-pyrrole nitrogens is 1. The molecule has 0 aliphatic heterocycles. The lowest BCUT2D eigenvalue weighted by Gasteiger charge is -2.09. The van der Waals surface area contributed by atoms with Crippen LogP contribution in [-0.4, -0.2) is 36.5 Å². The molecule has 0 aliphatic carbocycles. The molecule has 0 saturated carbocycles. The van der Waals surface area contributed by atoms with Crippen LogP contribution in [0.15, 0.2) is 52.3 Å². The minimum absolute atomic E-state index is 0.182. The average molecular weight is 340 g/mol. The van der Waals surface area contributed by atoms with Crippen molar-refractivity contribution in [3.63, 3.8) is 0 Å². The summed E-state index contributed by atoms with van der Waals surface area (Å²) in [4.78, 5) is 11.8. The van der Waals surface area contributed by atoms with E-state index in [1.54, 1.807) is 38.6 Å². The smallest absolute Gasteiger partial charge is 0.307 e. The summed E-state index contributed by atoms with van der Waals surface area (Å²) in [5.41, 5.74) is 4.57. The summed E-state index contributed by atoms with van der Waals surface area (Å²) in [6.07, 6.45) is 4.51. The second-order valence-corrected chi connectivity index (χ2v) is 4.94. The predicted octanol–water partition coefficient (Wildman–Crippen LogP) is 2.45. The standard InChI is InChI=1S/C17H16N4O4/c1-23-12-5-6-13(15(8-12)24-2)16-11(9-18-20-16)10-19-21-17(22)14-4-3-7-25-14/h3-10H,1-2H3,(H,18,20)(H,21,22)/b19-10+. The number of methoxy groups -OCH3 is 2. The van der Waals surface area contributed by atoms with Crippen molar-refractivity contribution < 1.29 is 18.7 Å². The zero-order valence-electron chi connectivity index (χ0n) is 13.6. The van der Waals surface area contributed by atoms with Crippen LogP contribution >= 0.6 is 0 Å². The van der Waals surface area contributed by atoms with Gasteiger partial charge in [-0.1, -0.05) is 0 Å². The van der Waals surface area contributed by atoms with Crippen LogP contribution in [0.3, 0.4) is 0 Å². The van der Waals surface area contributed by atoms with Gasteiger partial charge in [0.2, 0.25) is 0 Å². The molecule has 1 aromatic carbocycles. The number of hydrazone groups is 1. The minimum atomic E-state index is -0.437. The zero-order chi connectivity index (χ0) is 17.6. The third-order valence-electron chi connectivity index (χ3n) is 3.46. The largest absolute Gasteiger partial charge is 0.497 e. The Morgan fingerprint density at radius 2 is 2.20 bits per heavy atom. The zero-order valence-corrected chi connectivity index (χ0v) is 13.6. The van der Waals surface area contributed by atoms with Crippen molar-refractivity contribution >= 4 is 12.1 Å². The van der Waals surface area contributed by atoms with E-state index in [0.29, 0.717) is 22.8 Å². The Balaban J connectivity index is 1.81. The quantitative estimate of drug-likeness (QED) is 0.530. The maximum absolute atomic E-state index is 11.8. The van der Waals surface area contributed by atoms with Crippen LogP contribution in [0.1, 0.15) is 16.1 Å². The Morgan fingerprint density at radius 3 is 2.92 bits per heavy atom. The van der Waals surface area contributed by atoms with Gasteiger partial charge in [-0.2, -0.15) is 10.2 Å². The van der Waals surface area contributed by atoms with Gasteiger partial charge < -0.3 is 13.9 Å². The molecule has 0 unspecified atom stereocenters. The first-order chi connectivity index (χ1) is 12.2. The second-order valence-electron chi connectivity index (χ2n) is 4.94. The van der Waals surface area contributed by atoms with Gasteiger partial charge in [-0.05, 0) is 24.3 Å². The molecule has 2 N–H and O–H groups in total. The molecule has 0 atom stereocenters. The van der Waals surface area contributed by atoms with Crippen LogP contribution in [0.4, 0.5) is 0 Å². The first-order valence-corrected chi connectivity index (χ1v) is 7.35. The number of benzene rings is 1. The van der Waals surface area contributed by atoms with Gasteiger partial charge in [0.15, 0.2) is 5.76 Å². The molecule has 2 heterocycles. The number of rotatable bonds is 6. The van der Waals surface area contributed by atoms with Gasteiger partial charge in [0.1, 0.15) is 11.5 Å². The molecule has 1 amide bonds. The molecular formula is C17H16N4O4. The molecule has 3 rings (SSSR count). The van der Waals surface area contributed by atoms with Gasteiger partial charge in [-0.15, -0.1) is 0 Å². The van der Waals surface area contributed by atoms with Crippen LogP contribution in [0, 0.1) is 0 Å². The molecule has 128 valence electrons. The average Bonchev–Trinajstić information content (AvgIpc) is 3.33. The maximum Gasteiger partial charge on any atom is 0.307 e. The number of nitrogens with zero attached hydrogens (tertiary/aromatic N) is 2. The van der Waals surface area contributed by atoms with E-state index >= 15 is 0 Å². The van der Waals surface area contributed by atoms with Gasteiger partial charge in [-0.3, -0.25) is 9.89 Å². The van der Waals surface area contributed by atoms with Gasteiger partial charge in [0.25, 0.3) is 0 Å². The highest BCUT2D eigenvalue weighted by Crippen LogP contribution is 2.33. The number of amides is 1. The summed E-state index contributed by atoms with van der Waals surface area (Å²) in [7, 11) is 3.16. The summed E-state index contributed by atoms with van der Waals surface area (Å²) < 4.78 is 15.6. The number of nitrogens with one attached hydrogen (secondary N) is 2. The van der Waals surface area contributed by atoms with Crippen molar-refractivity contribution in [2.24, 2.45) is 5.10 Å². The number of hydrogen-bond acceptors (Lipinski definition) is 6. The van der Waals surface area contributed by atoms with Gasteiger partial charge >= 0.3 is 5.91 Å². The number of ether oxygens (including phenoxy) is 2. The monoisotopic (exact) mass is 340 g/mol. The fraction of sp³-hybridized carbons (Fsp3) is 0.118. The van der Waals surface area contributed by atoms with Crippen LogP contribution in [-0.2, 0) is 0 Å². The van der Waals surface area contributed by atoms with Crippen LogP contribution in [0.5, 0.6) is 11.5 Å². The predicted molar refractivity (Wildman–Crippen MR) is 90.9 cm³/mol. The minimum Gasteiger partial charge on any atom is -0.497 e. The third-order valence-corrected chi connectivity index (χ3v) is 3.46. The third kappa shape index (κ3) is 3.52. The Morgan fingerprint density at radius 1 is 1.32 bits per heavy atom. The van der Waals surface area contributed by atoms with Crippen molar-refractivity contribution in [3.8, 4) is 22.8 Å². The molecule has 2 aromatic heterocycles. The van der Waals surface area contributed by atoms with E-state index in [1.165, 1.54) is 12.5 Å². The normalized spacial score (nSPS) is 10.8. The molecule has 25 heavy (non-hydrogen) atoms. The highest BCUT2D eigenvalue weighted by Gasteiger charge is 2.13. The second kappa shape index (κ2) is 7.35. The molecular weight excluding hydrogens is 324 g/mol. The lowest BCUT2D eigenvalue weighted by Crippen LogP contribution is -2.16. The molecule has 0 bridgehead atoms. The van der Waals surface area contributed by atoms with Crippen molar-refractivity contribution in [1.82, 2.24) is 15.6 Å². The Hall–Kier alpha value is -3.55. The van der Waals surface area contributed by atoms with Gasteiger partial charge in [0, 0.05) is 17.2 Å². The number of furan rings is 1. The van der Waals surface area contributed by atoms with E-state index in [0.717, 1.165) is 5.56 Å². The summed E-state index contributed by atoms with van der Waals surface area (Å²) in [5.74, 6) is 1.05. The molecule has 0 aliphatic rings. The Kier molecular flexibility index (Phi) is 4.79. The fourth-order valence-corrected chi connectivity index (χ4v) is 2.24. The molecule has 3 aromatic rings. The highest BCUT2D eigenvalue weighted by atomic mass is 16.5. The number of carbonyl (C=O) groups is 1. The van der Waals surface area contributed by atoms with Crippen LogP contribution < -0.4 is 14.9 Å². The molecule has 0 radical (unpaired) electrons. The summed E-state index contributed by atoms with van der Waals surface area (Å²) >= 11 is 0. The fourth-order valence-electron chi connectivity index (χ4n) is 2.24. The SMILES string of the molecule is COc1ccc(-c2[nH]ncc2/C=N/NC(=O)c2ccco2)c(OC)c1. The lowest BCUT2D eigenvalue weighted by molar-refractivity contribution is 0.0927. The van der Waals surface area contributed by atoms with Crippen molar-refractivity contribution in [3.05, 3.63) is 54.1 Å². The summed E-state index contributed by atoms with van der Waals surface area (Å²) in [5, 5.41) is 10.9. The Labute approximate surface area is 143 Å². The molecule has 0 saturated heterocycles. The molecule has 8 nitrogen and oxygen atoms in total.